The van der Waals surface area contributed by atoms with E-state index in [1.165, 1.54) is 11.7 Å². The molecule has 1 aromatic heterocycles. The highest BCUT2D eigenvalue weighted by Gasteiger charge is 2.20. The summed E-state index contributed by atoms with van der Waals surface area (Å²) in [6, 6.07) is 2.09. The highest BCUT2D eigenvalue weighted by molar-refractivity contribution is 7.71. The number of nitrogens with one attached hydrogen (secondary N) is 1. The minimum atomic E-state index is -0.779. The van der Waals surface area contributed by atoms with Crippen LogP contribution in [-0.2, 0) is 11.8 Å². The summed E-state index contributed by atoms with van der Waals surface area (Å²) in [5.41, 5.74) is -0.847. The number of benzene rings is 1. The van der Waals surface area contributed by atoms with Crippen LogP contribution in [0.15, 0.2) is 16.9 Å². The number of hydrogen-bond acceptors (Lipinski definition) is 4. The predicted octanol–water partition coefficient (Wildman–Crippen LogP) is 2.59. The second-order valence-electron chi connectivity index (χ2n) is 4.83. The minimum Gasteiger partial charge on any atom is -0.459 e. The smallest absolute Gasteiger partial charge is 0.347 e. The van der Waals surface area contributed by atoms with Crippen molar-refractivity contribution in [1.29, 1.82) is 0 Å². The zero-order valence-electron chi connectivity index (χ0n) is 12.0. The molecule has 0 aliphatic rings. The van der Waals surface area contributed by atoms with Gasteiger partial charge in [0.25, 0.3) is 0 Å². The molecule has 1 aromatic carbocycles. The van der Waals surface area contributed by atoms with Crippen LogP contribution < -0.4 is 5.69 Å². The molecule has 9 heteroatoms. The van der Waals surface area contributed by atoms with Gasteiger partial charge >= 0.3 is 11.7 Å². The molecule has 0 fully saturated rings. The summed E-state index contributed by atoms with van der Waals surface area (Å²) in [4.78, 5) is 23.9. The zero-order chi connectivity index (χ0) is 16.6. The molecule has 0 saturated heterocycles. The first-order chi connectivity index (χ1) is 10.2. The van der Waals surface area contributed by atoms with Crippen molar-refractivity contribution in [3.63, 3.8) is 0 Å². The quantitative estimate of drug-likeness (QED) is 0.685. The lowest BCUT2D eigenvalue weighted by molar-refractivity contribution is 0.0378. The molecule has 0 aliphatic heterocycles. The molecule has 0 saturated carbocycles. The predicted molar refractivity (Wildman–Crippen MR) is 81.7 cm³/mol. The van der Waals surface area contributed by atoms with E-state index in [2.05, 4.69) is 5.10 Å². The van der Waals surface area contributed by atoms with E-state index in [1.807, 2.05) is 0 Å². The average Bonchev–Trinajstić information content (AvgIpc) is 2.63. The van der Waals surface area contributed by atoms with Crippen LogP contribution in [0.3, 0.4) is 0 Å². The number of aromatic nitrogens is 3. The van der Waals surface area contributed by atoms with E-state index in [0.717, 1.165) is 16.7 Å². The van der Waals surface area contributed by atoms with Gasteiger partial charge in [0.05, 0.1) is 22.4 Å². The molecule has 0 radical (unpaired) electrons. The molecule has 2 aromatic rings. The van der Waals surface area contributed by atoms with Gasteiger partial charge in [0.1, 0.15) is 5.82 Å². The third-order valence-electron chi connectivity index (χ3n) is 2.78. The Morgan fingerprint density at radius 2 is 2.09 bits per heavy atom. The summed E-state index contributed by atoms with van der Waals surface area (Å²) >= 11 is 10.9. The van der Waals surface area contributed by atoms with Crippen LogP contribution in [-0.4, -0.2) is 26.4 Å². The number of hydrogen-bond donors (Lipinski definition) is 1. The first-order valence-corrected chi connectivity index (χ1v) is 7.09. The van der Waals surface area contributed by atoms with Crippen LogP contribution in [0.5, 0.6) is 0 Å². The molecule has 1 heterocycles. The van der Waals surface area contributed by atoms with Crippen LogP contribution in [0.2, 0.25) is 5.02 Å². The van der Waals surface area contributed by atoms with Gasteiger partial charge in [-0.1, -0.05) is 11.6 Å². The van der Waals surface area contributed by atoms with Gasteiger partial charge in [-0.3, -0.25) is 4.68 Å². The second-order valence-corrected chi connectivity index (χ2v) is 5.60. The third kappa shape index (κ3) is 2.97. The Bertz CT molecular complexity index is 853. The van der Waals surface area contributed by atoms with E-state index in [1.54, 1.807) is 13.8 Å². The Kier molecular flexibility index (Phi) is 4.52. The summed E-state index contributed by atoms with van der Waals surface area (Å²) in [6.45, 7) is 3.35. The van der Waals surface area contributed by atoms with Gasteiger partial charge in [-0.25, -0.2) is 23.6 Å². The number of rotatable bonds is 3. The summed E-state index contributed by atoms with van der Waals surface area (Å²) in [7, 11) is 1.52. The molecule has 0 unspecified atom stereocenters. The number of nitrogens with zero attached hydrogens (tertiary/aromatic N) is 2. The van der Waals surface area contributed by atoms with Crippen LogP contribution in [0.25, 0.3) is 5.69 Å². The van der Waals surface area contributed by atoms with Crippen molar-refractivity contribution in [1.82, 2.24) is 14.3 Å². The number of carbonyl (C=O) groups is 1. The number of aromatic amines is 1. The van der Waals surface area contributed by atoms with Crippen molar-refractivity contribution in [2.45, 2.75) is 20.0 Å². The Labute approximate surface area is 135 Å². The zero-order valence-corrected chi connectivity index (χ0v) is 13.6. The normalized spacial score (nSPS) is 11.0. The Hall–Kier alpha value is -1.93. The maximum Gasteiger partial charge on any atom is 0.347 e. The number of ether oxygens (including phenoxy) is 1. The monoisotopic (exact) mass is 345 g/mol. The fourth-order valence-corrected chi connectivity index (χ4v) is 2.29. The van der Waals surface area contributed by atoms with E-state index in [-0.39, 0.29) is 27.1 Å². The molecule has 22 heavy (non-hydrogen) atoms. The molecule has 6 nitrogen and oxygen atoms in total. The van der Waals surface area contributed by atoms with Crippen molar-refractivity contribution in [3.05, 3.63) is 43.8 Å². The van der Waals surface area contributed by atoms with Crippen LogP contribution in [0.1, 0.15) is 24.2 Å². The number of halogens is 2. The molecule has 0 amide bonds. The number of esters is 1. The lowest BCUT2D eigenvalue weighted by Crippen LogP contribution is -2.18. The van der Waals surface area contributed by atoms with Crippen molar-refractivity contribution in [3.8, 4) is 5.69 Å². The molecular weight excluding hydrogens is 333 g/mol. The van der Waals surface area contributed by atoms with Crippen LogP contribution >= 0.6 is 23.8 Å². The Morgan fingerprint density at radius 3 is 2.59 bits per heavy atom. The number of aryl methyl sites for hydroxylation is 1. The molecule has 0 spiro atoms. The Morgan fingerprint density at radius 1 is 1.45 bits per heavy atom. The lowest BCUT2D eigenvalue weighted by atomic mass is 10.2. The van der Waals surface area contributed by atoms with Crippen molar-refractivity contribution in [2.24, 2.45) is 7.05 Å². The van der Waals surface area contributed by atoms with Crippen LogP contribution in [0.4, 0.5) is 4.39 Å². The lowest BCUT2D eigenvalue weighted by Gasteiger charge is -2.11. The van der Waals surface area contributed by atoms with Gasteiger partial charge in [0.2, 0.25) is 4.77 Å². The number of carbonyl (C=O) groups excluding carboxylic acids is 1. The molecule has 1 N–H and O–H groups in total. The molecule has 0 atom stereocenters. The van der Waals surface area contributed by atoms with Crippen LogP contribution in [0, 0.1) is 10.6 Å². The van der Waals surface area contributed by atoms with Crippen molar-refractivity contribution < 1.29 is 13.9 Å². The van der Waals surface area contributed by atoms with Crippen molar-refractivity contribution >= 4 is 29.8 Å². The van der Waals surface area contributed by atoms with E-state index in [4.69, 9.17) is 28.6 Å². The van der Waals surface area contributed by atoms with Gasteiger partial charge < -0.3 is 4.74 Å². The topological polar surface area (TPSA) is 69.0 Å². The van der Waals surface area contributed by atoms with Gasteiger partial charge in [-0.15, -0.1) is 0 Å². The summed E-state index contributed by atoms with van der Waals surface area (Å²) < 4.78 is 21.4. The average molecular weight is 346 g/mol. The summed E-state index contributed by atoms with van der Waals surface area (Å²) in [6.07, 6.45) is -0.362. The first kappa shape index (κ1) is 16.4. The van der Waals surface area contributed by atoms with E-state index < -0.39 is 17.5 Å². The molecule has 2 rings (SSSR count). The van der Waals surface area contributed by atoms with E-state index in [0.29, 0.717) is 0 Å². The largest absolute Gasteiger partial charge is 0.459 e. The maximum absolute atomic E-state index is 14.1. The van der Waals surface area contributed by atoms with E-state index >= 15 is 0 Å². The molecule has 0 bridgehead atoms. The SMILES string of the molecule is CC(C)OC(=O)c1cc(-n2c(=O)[nH]n(C)c2=S)c(F)cc1Cl. The van der Waals surface area contributed by atoms with Gasteiger partial charge in [0.15, 0.2) is 0 Å². The molecular formula is C13H13ClFN3O3S. The fourth-order valence-electron chi connectivity index (χ4n) is 1.83. The van der Waals surface area contributed by atoms with Gasteiger partial charge in [-0.05, 0) is 38.2 Å². The van der Waals surface area contributed by atoms with Crippen molar-refractivity contribution in [2.75, 3.05) is 0 Å². The highest BCUT2D eigenvalue weighted by atomic mass is 35.5. The summed E-state index contributed by atoms with van der Waals surface area (Å²) in [5, 5.41) is 2.30. The third-order valence-corrected chi connectivity index (χ3v) is 3.55. The maximum atomic E-state index is 14.1. The van der Waals surface area contributed by atoms with E-state index in [9.17, 15) is 14.0 Å². The first-order valence-electron chi connectivity index (χ1n) is 6.30. The second kappa shape index (κ2) is 6.05. The van der Waals surface area contributed by atoms with Gasteiger partial charge in [0, 0.05) is 7.05 Å². The number of H-pyrrole nitrogens is 1. The van der Waals surface area contributed by atoms with Gasteiger partial charge in [-0.2, -0.15) is 0 Å². The minimum absolute atomic E-state index is 0.0445. The Balaban J connectivity index is 2.66. The molecule has 118 valence electrons. The highest BCUT2D eigenvalue weighted by Crippen LogP contribution is 2.24. The molecule has 0 aliphatic carbocycles. The standard InChI is InChI=1S/C13H13ClFN3O3S/c1-6(2)21-11(19)7-4-10(9(15)5-8(7)14)18-12(20)16-17(3)13(18)22/h4-6H,1-3H3,(H,16,20). The fraction of sp³-hybridized carbons (Fsp3) is 0.308. The summed E-state index contributed by atoms with van der Waals surface area (Å²) in [5.74, 6) is -1.49.